The van der Waals surface area contributed by atoms with Crippen LogP contribution in [0, 0.1) is 0 Å². The van der Waals surface area contributed by atoms with Gasteiger partial charge in [0.15, 0.2) is 18.5 Å². The molecular weight excluding hydrogens is 418 g/mol. The number of hydrogen-bond donors (Lipinski definition) is 2. The zero-order valence-electron chi connectivity index (χ0n) is 18.0. The standard InChI is InChI=1S/C19H29NO11/c1-10(21)20-16-18(30-13(4)24)17(29-12(3)23)14(9-28-11(2)22)31-19(16)27-8-6-5-7-15(25)26/h14,16-19H,5-9H2,1-4H3,(H,20,21)(H,25,26)/t14-,16-,17+,18+,19-/m1/s1. The normalized spacial score (nSPS) is 25.2. The number of carbonyl (C=O) groups is 5. The summed E-state index contributed by atoms with van der Waals surface area (Å²) in [4.78, 5) is 57.0. The third-order valence-corrected chi connectivity index (χ3v) is 4.14. The summed E-state index contributed by atoms with van der Waals surface area (Å²) < 4.78 is 27.1. The van der Waals surface area contributed by atoms with E-state index in [1.165, 1.54) is 13.8 Å². The van der Waals surface area contributed by atoms with Crippen molar-refractivity contribution >= 4 is 29.8 Å². The van der Waals surface area contributed by atoms with Crippen molar-refractivity contribution in [2.24, 2.45) is 0 Å². The zero-order valence-corrected chi connectivity index (χ0v) is 18.0. The average Bonchev–Trinajstić information content (AvgIpc) is 2.62. The monoisotopic (exact) mass is 447 g/mol. The molecule has 0 saturated carbocycles. The van der Waals surface area contributed by atoms with Gasteiger partial charge in [-0.3, -0.25) is 24.0 Å². The number of carboxylic acid groups (broad SMARTS) is 1. The molecule has 0 aromatic rings. The van der Waals surface area contributed by atoms with Gasteiger partial charge < -0.3 is 34.1 Å². The second-order valence-corrected chi connectivity index (χ2v) is 6.94. The zero-order chi connectivity index (χ0) is 23.6. The van der Waals surface area contributed by atoms with Gasteiger partial charge in [-0.05, 0) is 12.8 Å². The van der Waals surface area contributed by atoms with Crippen LogP contribution in [-0.2, 0) is 47.7 Å². The first kappa shape index (κ1) is 26.3. The van der Waals surface area contributed by atoms with Crippen LogP contribution in [0.4, 0.5) is 0 Å². The van der Waals surface area contributed by atoms with Gasteiger partial charge in [0.2, 0.25) is 5.91 Å². The Labute approximate surface area is 179 Å². The molecule has 176 valence electrons. The number of esters is 3. The summed E-state index contributed by atoms with van der Waals surface area (Å²) in [7, 11) is 0. The van der Waals surface area contributed by atoms with Crippen molar-refractivity contribution in [2.45, 2.75) is 77.6 Å². The number of carbonyl (C=O) groups excluding carboxylic acids is 4. The van der Waals surface area contributed by atoms with E-state index in [1.54, 1.807) is 0 Å². The summed E-state index contributed by atoms with van der Waals surface area (Å²) in [5.41, 5.74) is 0. The fraction of sp³-hybridized carbons (Fsp3) is 0.737. The highest BCUT2D eigenvalue weighted by atomic mass is 16.7. The Kier molecular flexibility index (Phi) is 10.9. The number of amides is 1. The largest absolute Gasteiger partial charge is 0.481 e. The maximum Gasteiger partial charge on any atom is 0.303 e. The smallest absolute Gasteiger partial charge is 0.303 e. The second-order valence-electron chi connectivity index (χ2n) is 6.94. The third kappa shape index (κ3) is 9.75. The highest BCUT2D eigenvalue weighted by molar-refractivity contribution is 5.73. The molecule has 1 rings (SSSR count). The van der Waals surface area contributed by atoms with E-state index in [2.05, 4.69) is 5.32 Å². The van der Waals surface area contributed by atoms with Crippen LogP contribution in [-0.4, -0.2) is 78.7 Å². The van der Waals surface area contributed by atoms with Gasteiger partial charge in [-0.2, -0.15) is 0 Å². The summed E-state index contributed by atoms with van der Waals surface area (Å²) in [6.07, 6.45) is -3.87. The van der Waals surface area contributed by atoms with Gasteiger partial charge in [0, 0.05) is 40.7 Å². The molecule has 1 aliphatic heterocycles. The van der Waals surface area contributed by atoms with Gasteiger partial charge in [-0.1, -0.05) is 0 Å². The first-order valence-electron chi connectivity index (χ1n) is 9.75. The van der Waals surface area contributed by atoms with Gasteiger partial charge in [-0.25, -0.2) is 0 Å². The summed E-state index contributed by atoms with van der Waals surface area (Å²) in [5.74, 6) is -3.43. The Morgan fingerprint density at radius 2 is 1.52 bits per heavy atom. The van der Waals surface area contributed by atoms with E-state index >= 15 is 0 Å². The van der Waals surface area contributed by atoms with E-state index in [1.807, 2.05) is 0 Å². The number of rotatable bonds is 11. The maximum absolute atomic E-state index is 11.8. The van der Waals surface area contributed by atoms with Crippen molar-refractivity contribution in [3.63, 3.8) is 0 Å². The molecule has 0 aliphatic carbocycles. The van der Waals surface area contributed by atoms with Crippen molar-refractivity contribution in [1.29, 1.82) is 0 Å². The molecule has 0 bridgehead atoms. The van der Waals surface area contributed by atoms with Gasteiger partial charge >= 0.3 is 23.9 Å². The number of carboxylic acids is 1. The van der Waals surface area contributed by atoms with E-state index in [9.17, 15) is 24.0 Å². The minimum Gasteiger partial charge on any atom is -0.481 e. The molecule has 12 heteroatoms. The number of aliphatic carboxylic acids is 1. The van der Waals surface area contributed by atoms with Crippen LogP contribution in [0.3, 0.4) is 0 Å². The fourth-order valence-electron chi connectivity index (χ4n) is 3.01. The highest BCUT2D eigenvalue weighted by Gasteiger charge is 2.51. The van der Waals surface area contributed by atoms with Crippen LogP contribution in [0.1, 0.15) is 47.0 Å². The van der Waals surface area contributed by atoms with Crippen LogP contribution < -0.4 is 5.32 Å². The SMILES string of the molecule is CC(=O)N[C@H]1[C@H](OCCCCC(=O)O)O[C@H](COC(C)=O)[C@H](OC(C)=O)[C@H]1OC(C)=O. The van der Waals surface area contributed by atoms with Crippen molar-refractivity contribution in [2.75, 3.05) is 13.2 Å². The molecule has 1 heterocycles. The summed E-state index contributed by atoms with van der Waals surface area (Å²) in [6, 6.07) is -1.04. The summed E-state index contributed by atoms with van der Waals surface area (Å²) in [6.45, 7) is 4.47. The molecule has 0 aromatic carbocycles. The lowest BCUT2D eigenvalue weighted by molar-refractivity contribution is -0.277. The Balaban J connectivity index is 3.11. The first-order chi connectivity index (χ1) is 14.5. The molecule has 31 heavy (non-hydrogen) atoms. The second kappa shape index (κ2) is 12.8. The van der Waals surface area contributed by atoms with E-state index < -0.39 is 60.4 Å². The predicted octanol–water partition coefficient (Wildman–Crippen LogP) is -0.0860. The lowest BCUT2D eigenvalue weighted by Crippen LogP contribution is -2.66. The number of ether oxygens (including phenoxy) is 5. The van der Waals surface area contributed by atoms with Crippen LogP contribution in [0.2, 0.25) is 0 Å². The lowest BCUT2D eigenvalue weighted by Gasteiger charge is -2.44. The van der Waals surface area contributed by atoms with E-state index in [0.29, 0.717) is 12.8 Å². The molecule has 2 N–H and O–H groups in total. The number of nitrogens with one attached hydrogen (secondary N) is 1. The molecule has 1 aliphatic rings. The molecule has 12 nitrogen and oxygen atoms in total. The molecule has 1 fully saturated rings. The Bertz CT molecular complexity index is 665. The van der Waals surface area contributed by atoms with E-state index in [0.717, 1.165) is 13.8 Å². The molecule has 1 amide bonds. The van der Waals surface area contributed by atoms with Gasteiger partial charge in [0.1, 0.15) is 18.8 Å². The molecular formula is C19H29NO11. The van der Waals surface area contributed by atoms with Crippen LogP contribution >= 0.6 is 0 Å². The molecule has 0 radical (unpaired) electrons. The Morgan fingerprint density at radius 1 is 0.903 bits per heavy atom. The minimum absolute atomic E-state index is 0.0380. The molecule has 0 aromatic heterocycles. The van der Waals surface area contributed by atoms with Crippen molar-refractivity contribution in [1.82, 2.24) is 5.32 Å². The van der Waals surface area contributed by atoms with Gasteiger partial charge in [0.25, 0.3) is 0 Å². The van der Waals surface area contributed by atoms with Crippen molar-refractivity contribution < 1.29 is 52.8 Å². The number of unbranched alkanes of at least 4 members (excludes halogenated alkanes) is 1. The number of hydrogen-bond acceptors (Lipinski definition) is 10. The molecule has 0 unspecified atom stereocenters. The van der Waals surface area contributed by atoms with Crippen molar-refractivity contribution in [3.05, 3.63) is 0 Å². The molecule has 5 atom stereocenters. The maximum atomic E-state index is 11.8. The molecule has 1 saturated heterocycles. The van der Waals surface area contributed by atoms with Gasteiger partial charge in [0.05, 0.1) is 0 Å². The first-order valence-corrected chi connectivity index (χ1v) is 9.75. The quantitative estimate of drug-likeness (QED) is 0.247. The van der Waals surface area contributed by atoms with E-state index in [-0.39, 0.29) is 19.6 Å². The van der Waals surface area contributed by atoms with Crippen LogP contribution in [0.15, 0.2) is 0 Å². The lowest BCUT2D eigenvalue weighted by atomic mass is 9.96. The third-order valence-electron chi connectivity index (χ3n) is 4.14. The predicted molar refractivity (Wildman–Crippen MR) is 101 cm³/mol. The van der Waals surface area contributed by atoms with Crippen LogP contribution in [0.25, 0.3) is 0 Å². The average molecular weight is 447 g/mol. The fourth-order valence-corrected chi connectivity index (χ4v) is 3.01. The Morgan fingerprint density at radius 3 is 2.03 bits per heavy atom. The Hall–Kier alpha value is -2.73. The van der Waals surface area contributed by atoms with Gasteiger partial charge in [-0.15, -0.1) is 0 Å². The topological polar surface area (TPSA) is 164 Å². The highest BCUT2D eigenvalue weighted by Crippen LogP contribution is 2.28. The van der Waals surface area contributed by atoms with Crippen molar-refractivity contribution in [3.8, 4) is 0 Å². The van der Waals surface area contributed by atoms with E-state index in [4.69, 9.17) is 28.8 Å². The summed E-state index contributed by atoms with van der Waals surface area (Å²) in [5, 5.41) is 11.3. The van der Waals surface area contributed by atoms with Crippen LogP contribution in [0.5, 0.6) is 0 Å². The molecule has 0 spiro atoms. The minimum atomic E-state index is -1.19. The summed E-state index contributed by atoms with van der Waals surface area (Å²) >= 11 is 0.